The van der Waals surface area contributed by atoms with Gasteiger partial charge >= 0.3 is 0 Å². The SMILES string of the molecule is CCCc1nnsc1C(=O)Nc1ccc2c(c1)C(=O)N(C)c1cc(C)ccc1O2. The van der Waals surface area contributed by atoms with Crippen molar-refractivity contribution in [1.29, 1.82) is 0 Å². The summed E-state index contributed by atoms with van der Waals surface area (Å²) in [4.78, 5) is 27.7. The summed E-state index contributed by atoms with van der Waals surface area (Å²) in [5.41, 5.74) is 3.32. The molecule has 0 saturated heterocycles. The maximum atomic E-state index is 13.0. The van der Waals surface area contributed by atoms with Crippen molar-refractivity contribution in [3.8, 4) is 11.5 Å². The lowest BCUT2D eigenvalue weighted by atomic mass is 10.1. The van der Waals surface area contributed by atoms with Gasteiger partial charge in [0.05, 0.1) is 16.9 Å². The van der Waals surface area contributed by atoms with Crippen molar-refractivity contribution >= 4 is 34.7 Å². The minimum absolute atomic E-state index is 0.202. The molecule has 0 fully saturated rings. The molecule has 29 heavy (non-hydrogen) atoms. The van der Waals surface area contributed by atoms with Gasteiger partial charge in [-0.3, -0.25) is 9.59 Å². The van der Waals surface area contributed by atoms with Crippen LogP contribution in [0.15, 0.2) is 36.4 Å². The largest absolute Gasteiger partial charge is 0.454 e. The third-order valence-corrected chi connectivity index (χ3v) is 5.48. The number of nitrogens with one attached hydrogen (secondary N) is 1. The monoisotopic (exact) mass is 408 g/mol. The van der Waals surface area contributed by atoms with E-state index in [4.69, 9.17) is 4.74 Å². The van der Waals surface area contributed by atoms with Gasteiger partial charge in [-0.05, 0) is 60.8 Å². The van der Waals surface area contributed by atoms with Crippen LogP contribution in [-0.4, -0.2) is 28.4 Å². The Morgan fingerprint density at radius 2 is 2.00 bits per heavy atom. The highest BCUT2D eigenvalue weighted by Gasteiger charge is 2.26. The van der Waals surface area contributed by atoms with E-state index in [0.717, 1.165) is 23.5 Å². The highest BCUT2D eigenvalue weighted by molar-refractivity contribution is 7.08. The fourth-order valence-electron chi connectivity index (χ4n) is 3.22. The molecule has 1 N–H and O–H groups in total. The number of carbonyl (C=O) groups excluding carboxylic acids is 2. The van der Waals surface area contributed by atoms with Crippen LogP contribution in [0.2, 0.25) is 0 Å². The molecule has 1 aliphatic rings. The molecule has 2 aromatic carbocycles. The Kier molecular flexibility index (Phi) is 5.02. The van der Waals surface area contributed by atoms with Gasteiger partial charge in [0.1, 0.15) is 10.6 Å². The number of anilines is 2. The lowest BCUT2D eigenvalue weighted by Crippen LogP contribution is -2.25. The Morgan fingerprint density at radius 1 is 1.21 bits per heavy atom. The van der Waals surface area contributed by atoms with Gasteiger partial charge in [0.15, 0.2) is 5.75 Å². The summed E-state index contributed by atoms with van der Waals surface area (Å²) in [6.45, 7) is 3.99. The molecule has 4 rings (SSSR count). The van der Waals surface area contributed by atoms with Crippen LogP contribution < -0.4 is 15.0 Å². The zero-order chi connectivity index (χ0) is 20.5. The fraction of sp³-hybridized carbons (Fsp3) is 0.238. The van der Waals surface area contributed by atoms with Crippen molar-refractivity contribution < 1.29 is 14.3 Å². The number of fused-ring (bicyclic) bond motifs is 2. The van der Waals surface area contributed by atoms with Gasteiger partial charge < -0.3 is 15.0 Å². The van der Waals surface area contributed by atoms with E-state index in [-0.39, 0.29) is 11.8 Å². The predicted octanol–water partition coefficient (Wildman–Crippen LogP) is 4.43. The van der Waals surface area contributed by atoms with Gasteiger partial charge in [0, 0.05) is 12.7 Å². The topological polar surface area (TPSA) is 84.4 Å². The molecule has 0 atom stereocenters. The summed E-state index contributed by atoms with van der Waals surface area (Å²) in [6.07, 6.45) is 1.57. The summed E-state index contributed by atoms with van der Waals surface area (Å²) < 4.78 is 9.88. The van der Waals surface area contributed by atoms with E-state index in [1.807, 2.05) is 32.0 Å². The van der Waals surface area contributed by atoms with Crippen LogP contribution in [0.1, 0.15) is 44.6 Å². The number of hydrogen-bond acceptors (Lipinski definition) is 6. The molecule has 0 spiro atoms. The lowest BCUT2D eigenvalue weighted by Gasteiger charge is -2.16. The summed E-state index contributed by atoms with van der Waals surface area (Å²) in [5, 5.41) is 6.87. The van der Waals surface area contributed by atoms with E-state index >= 15 is 0 Å². The van der Waals surface area contributed by atoms with Crippen LogP contribution in [0.25, 0.3) is 0 Å². The molecule has 2 heterocycles. The van der Waals surface area contributed by atoms with E-state index in [1.54, 1.807) is 30.1 Å². The number of rotatable bonds is 4. The fourth-order valence-corrected chi connectivity index (χ4v) is 3.82. The van der Waals surface area contributed by atoms with E-state index in [2.05, 4.69) is 14.9 Å². The Hall–Kier alpha value is -3.26. The number of carbonyl (C=O) groups is 2. The molecule has 0 unspecified atom stereocenters. The molecule has 0 aliphatic carbocycles. The summed E-state index contributed by atoms with van der Waals surface area (Å²) in [7, 11) is 1.71. The normalized spacial score (nSPS) is 12.7. The first-order valence-corrected chi connectivity index (χ1v) is 10.1. The van der Waals surface area contributed by atoms with Crippen molar-refractivity contribution in [3.05, 3.63) is 58.1 Å². The van der Waals surface area contributed by atoms with Gasteiger partial charge in [-0.1, -0.05) is 23.9 Å². The average molecular weight is 408 g/mol. The van der Waals surface area contributed by atoms with E-state index < -0.39 is 0 Å². The minimum Gasteiger partial charge on any atom is -0.454 e. The maximum absolute atomic E-state index is 13.0. The first-order chi connectivity index (χ1) is 14.0. The third-order valence-electron chi connectivity index (χ3n) is 4.72. The highest BCUT2D eigenvalue weighted by atomic mass is 32.1. The summed E-state index contributed by atoms with van der Waals surface area (Å²) in [6, 6.07) is 10.8. The maximum Gasteiger partial charge on any atom is 0.269 e. The molecule has 2 amide bonds. The molecule has 0 bridgehead atoms. The van der Waals surface area contributed by atoms with Crippen molar-refractivity contribution in [3.63, 3.8) is 0 Å². The Bertz CT molecular complexity index is 1110. The molecule has 1 aromatic heterocycles. The molecular weight excluding hydrogens is 388 g/mol. The van der Waals surface area contributed by atoms with Crippen LogP contribution >= 0.6 is 11.5 Å². The number of ether oxygens (including phenoxy) is 1. The summed E-state index contributed by atoms with van der Waals surface area (Å²) in [5.74, 6) is 0.583. The number of nitrogens with zero attached hydrogens (tertiary/aromatic N) is 3. The van der Waals surface area contributed by atoms with Crippen molar-refractivity contribution in [2.75, 3.05) is 17.3 Å². The number of amides is 2. The molecule has 8 heteroatoms. The quantitative estimate of drug-likeness (QED) is 0.690. The number of aromatic nitrogens is 2. The second kappa shape index (κ2) is 7.63. The third kappa shape index (κ3) is 3.58. The van der Waals surface area contributed by atoms with Crippen molar-refractivity contribution in [2.45, 2.75) is 26.7 Å². The first-order valence-electron chi connectivity index (χ1n) is 9.31. The predicted molar refractivity (Wildman–Crippen MR) is 112 cm³/mol. The molecule has 7 nitrogen and oxygen atoms in total. The van der Waals surface area contributed by atoms with Gasteiger partial charge in [0.2, 0.25) is 0 Å². The van der Waals surface area contributed by atoms with Crippen LogP contribution in [0.3, 0.4) is 0 Å². The lowest BCUT2D eigenvalue weighted by molar-refractivity contribution is 0.0990. The van der Waals surface area contributed by atoms with Crippen LogP contribution in [0.5, 0.6) is 11.5 Å². The Balaban J connectivity index is 1.64. The van der Waals surface area contributed by atoms with E-state index in [0.29, 0.717) is 45.4 Å². The molecular formula is C21H20N4O3S. The smallest absolute Gasteiger partial charge is 0.269 e. The number of aryl methyl sites for hydroxylation is 2. The van der Waals surface area contributed by atoms with Crippen molar-refractivity contribution in [2.24, 2.45) is 0 Å². The number of hydrogen-bond donors (Lipinski definition) is 1. The standard InChI is InChI=1S/C21H20N4O3S/c1-4-5-15-19(29-24-23-15)20(26)22-13-7-9-17-14(11-13)21(27)25(3)16-10-12(2)6-8-18(16)28-17/h6-11H,4-5H2,1-3H3,(H,22,26). The molecule has 0 saturated carbocycles. The second-order valence-corrected chi connectivity index (χ2v) is 7.66. The van der Waals surface area contributed by atoms with Gasteiger partial charge in [-0.2, -0.15) is 0 Å². The van der Waals surface area contributed by atoms with Gasteiger partial charge in [0.25, 0.3) is 11.8 Å². The highest BCUT2D eigenvalue weighted by Crippen LogP contribution is 2.39. The van der Waals surface area contributed by atoms with E-state index in [9.17, 15) is 9.59 Å². The zero-order valence-corrected chi connectivity index (χ0v) is 17.2. The Labute approximate surface area is 172 Å². The van der Waals surface area contributed by atoms with Crippen LogP contribution in [0.4, 0.5) is 11.4 Å². The van der Waals surface area contributed by atoms with Gasteiger partial charge in [-0.15, -0.1) is 5.10 Å². The molecule has 148 valence electrons. The average Bonchev–Trinajstić information content (AvgIpc) is 3.14. The van der Waals surface area contributed by atoms with E-state index in [1.165, 1.54) is 0 Å². The number of benzene rings is 2. The Morgan fingerprint density at radius 3 is 2.79 bits per heavy atom. The summed E-state index contributed by atoms with van der Waals surface area (Å²) >= 11 is 1.07. The van der Waals surface area contributed by atoms with Crippen LogP contribution in [-0.2, 0) is 6.42 Å². The first kappa shape index (κ1) is 19.1. The zero-order valence-electron chi connectivity index (χ0n) is 16.4. The van der Waals surface area contributed by atoms with Crippen LogP contribution in [0, 0.1) is 6.92 Å². The van der Waals surface area contributed by atoms with Crippen molar-refractivity contribution in [1.82, 2.24) is 9.59 Å². The molecule has 1 aliphatic heterocycles. The molecule has 0 radical (unpaired) electrons. The van der Waals surface area contributed by atoms with Gasteiger partial charge in [-0.25, -0.2) is 0 Å². The second-order valence-electron chi connectivity index (χ2n) is 6.90. The minimum atomic E-state index is -0.280. The molecule has 3 aromatic rings.